The van der Waals surface area contributed by atoms with Gasteiger partial charge in [-0.25, -0.2) is 4.98 Å². The molecule has 1 aromatic carbocycles. The van der Waals surface area contributed by atoms with Crippen molar-refractivity contribution in [3.63, 3.8) is 0 Å². The molecular formula is C25H34N4O2S. The Labute approximate surface area is 195 Å². The number of pyridine rings is 1. The first-order valence-electron chi connectivity index (χ1n) is 11.3. The van der Waals surface area contributed by atoms with Crippen LogP contribution in [-0.4, -0.2) is 53.3 Å². The van der Waals surface area contributed by atoms with Crippen molar-refractivity contribution in [1.82, 2.24) is 14.9 Å². The molecule has 2 aromatic heterocycles. The maximum atomic E-state index is 8.94. The van der Waals surface area contributed by atoms with Gasteiger partial charge in [-0.05, 0) is 88.0 Å². The Kier molecular flexibility index (Phi) is 9.94. The number of rotatable bonds is 8. The molecule has 0 atom stereocenters. The van der Waals surface area contributed by atoms with Crippen molar-refractivity contribution < 1.29 is 9.84 Å². The summed E-state index contributed by atoms with van der Waals surface area (Å²) in [5.74, 6) is 1.81. The molecule has 0 radical (unpaired) electrons. The molecule has 0 aliphatic carbocycles. The lowest BCUT2D eigenvalue weighted by Crippen LogP contribution is -2.30. The fourth-order valence-electron chi connectivity index (χ4n) is 3.78. The Morgan fingerprint density at radius 1 is 1.19 bits per heavy atom. The van der Waals surface area contributed by atoms with Crippen LogP contribution < -0.4 is 10.5 Å². The second kappa shape index (κ2) is 13.2. The lowest BCUT2D eigenvalue weighted by molar-refractivity contribution is 0.200. The molecule has 32 heavy (non-hydrogen) atoms. The summed E-state index contributed by atoms with van der Waals surface area (Å²) >= 11 is 1.45. The van der Waals surface area contributed by atoms with Crippen molar-refractivity contribution in [2.45, 2.75) is 32.1 Å². The Bertz CT molecular complexity index is 911. The minimum Gasteiger partial charge on any atom is -0.494 e. The minimum absolute atomic E-state index is 0.194. The van der Waals surface area contributed by atoms with Gasteiger partial charge in [0.2, 0.25) is 0 Å². The lowest BCUT2D eigenvalue weighted by atomic mass is 9.93. The Hall–Kier alpha value is -2.48. The van der Waals surface area contributed by atoms with Crippen LogP contribution in [0.2, 0.25) is 0 Å². The number of piperidine rings is 1. The first-order valence-corrected chi connectivity index (χ1v) is 12.1. The van der Waals surface area contributed by atoms with Gasteiger partial charge in [-0.2, -0.15) is 0 Å². The number of ether oxygens (including phenoxy) is 1. The highest BCUT2D eigenvalue weighted by molar-refractivity contribution is 7.13. The predicted molar refractivity (Wildman–Crippen MR) is 132 cm³/mol. The van der Waals surface area contributed by atoms with Crippen molar-refractivity contribution in [2.24, 2.45) is 5.92 Å². The number of aliphatic hydroxyl groups is 1. The van der Waals surface area contributed by atoms with Crippen LogP contribution in [0.1, 0.15) is 31.2 Å². The average Bonchev–Trinajstić information content (AvgIpc) is 3.26. The number of thiazole rings is 1. The van der Waals surface area contributed by atoms with E-state index in [9.17, 15) is 0 Å². The van der Waals surface area contributed by atoms with Gasteiger partial charge < -0.3 is 20.5 Å². The molecule has 3 heterocycles. The van der Waals surface area contributed by atoms with Crippen LogP contribution in [0.3, 0.4) is 0 Å². The van der Waals surface area contributed by atoms with E-state index in [0.29, 0.717) is 11.6 Å². The highest BCUT2D eigenvalue weighted by atomic mass is 32.1. The summed E-state index contributed by atoms with van der Waals surface area (Å²) in [5.41, 5.74) is 8.62. The SMILES string of the molecule is CN1CCC(CCCOc2cccc(CCO)c2)CC1.Nc1nc(-c2ccncc2)cs1. The summed E-state index contributed by atoms with van der Waals surface area (Å²) in [5, 5.41) is 11.5. The minimum atomic E-state index is 0.194. The van der Waals surface area contributed by atoms with Crippen LogP contribution in [0.25, 0.3) is 11.3 Å². The molecule has 0 unspecified atom stereocenters. The van der Waals surface area contributed by atoms with E-state index in [1.54, 1.807) is 12.4 Å². The van der Waals surface area contributed by atoms with Gasteiger partial charge >= 0.3 is 0 Å². The quantitative estimate of drug-likeness (QED) is 0.487. The van der Waals surface area contributed by atoms with Crippen molar-refractivity contribution in [3.05, 3.63) is 59.7 Å². The molecule has 3 N–H and O–H groups in total. The normalized spacial score (nSPS) is 14.6. The van der Waals surface area contributed by atoms with Crippen molar-refractivity contribution in [1.29, 1.82) is 0 Å². The number of hydrogen-bond acceptors (Lipinski definition) is 7. The first kappa shape index (κ1) is 24.2. The second-order valence-electron chi connectivity index (χ2n) is 8.17. The molecule has 0 spiro atoms. The Morgan fingerprint density at radius 2 is 1.97 bits per heavy atom. The molecule has 4 rings (SSSR count). The van der Waals surface area contributed by atoms with E-state index in [1.165, 1.54) is 43.7 Å². The maximum Gasteiger partial charge on any atom is 0.180 e. The fourth-order valence-corrected chi connectivity index (χ4v) is 4.35. The Balaban J connectivity index is 0.000000204. The highest BCUT2D eigenvalue weighted by Crippen LogP contribution is 2.22. The van der Waals surface area contributed by atoms with Crippen LogP contribution in [0, 0.1) is 5.92 Å². The molecule has 7 heteroatoms. The topological polar surface area (TPSA) is 84.5 Å². The Morgan fingerprint density at radius 3 is 2.66 bits per heavy atom. The zero-order valence-corrected chi connectivity index (χ0v) is 19.6. The van der Waals surface area contributed by atoms with Crippen LogP contribution >= 0.6 is 11.3 Å². The molecule has 6 nitrogen and oxygen atoms in total. The molecule has 1 fully saturated rings. The van der Waals surface area contributed by atoms with E-state index < -0.39 is 0 Å². The van der Waals surface area contributed by atoms with E-state index in [0.717, 1.165) is 41.5 Å². The third-order valence-corrected chi connectivity index (χ3v) is 6.33. The molecule has 3 aromatic rings. The summed E-state index contributed by atoms with van der Waals surface area (Å²) in [6.45, 7) is 3.48. The van der Waals surface area contributed by atoms with Crippen molar-refractivity contribution in [3.8, 4) is 17.0 Å². The van der Waals surface area contributed by atoms with Gasteiger partial charge in [-0.3, -0.25) is 4.98 Å². The van der Waals surface area contributed by atoms with Crippen molar-refractivity contribution >= 4 is 16.5 Å². The van der Waals surface area contributed by atoms with Gasteiger partial charge in [0, 0.05) is 29.9 Å². The molecule has 1 aliphatic heterocycles. The number of aromatic nitrogens is 2. The summed E-state index contributed by atoms with van der Waals surface area (Å²) in [7, 11) is 2.21. The van der Waals surface area contributed by atoms with E-state index in [1.807, 2.05) is 41.8 Å². The highest BCUT2D eigenvalue weighted by Gasteiger charge is 2.15. The van der Waals surface area contributed by atoms with Gasteiger partial charge in [0.25, 0.3) is 0 Å². The number of aliphatic hydroxyl groups excluding tert-OH is 1. The lowest BCUT2D eigenvalue weighted by Gasteiger charge is -2.28. The first-order chi connectivity index (χ1) is 15.6. The number of hydrogen-bond donors (Lipinski definition) is 2. The zero-order chi connectivity index (χ0) is 22.6. The smallest absolute Gasteiger partial charge is 0.180 e. The number of anilines is 1. The van der Waals surface area contributed by atoms with Gasteiger partial charge in [0.05, 0.1) is 12.3 Å². The maximum absolute atomic E-state index is 8.94. The van der Waals surface area contributed by atoms with E-state index in [2.05, 4.69) is 21.9 Å². The summed E-state index contributed by atoms with van der Waals surface area (Å²) < 4.78 is 5.81. The van der Waals surface area contributed by atoms with Gasteiger partial charge in [0.1, 0.15) is 5.75 Å². The van der Waals surface area contributed by atoms with E-state index >= 15 is 0 Å². The average molecular weight is 455 g/mol. The predicted octanol–water partition coefficient (Wildman–Crippen LogP) is 4.51. The number of nitrogens with two attached hydrogens (primary N) is 1. The molecule has 172 valence electrons. The van der Waals surface area contributed by atoms with E-state index in [4.69, 9.17) is 15.6 Å². The van der Waals surface area contributed by atoms with Crippen LogP contribution in [0.4, 0.5) is 5.13 Å². The number of benzene rings is 1. The third-order valence-electron chi connectivity index (χ3n) is 5.66. The second-order valence-corrected chi connectivity index (χ2v) is 9.05. The summed E-state index contributed by atoms with van der Waals surface area (Å²) in [6.07, 6.45) is 9.27. The molecule has 0 saturated carbocycles. The van der Waals surface area contributed by atoms with Gasteiger partial charge in [0.15, 0.2) is 5.13 Å². The largest absolute Gasteiger partial charge is 0.494 e. The van der Waals surface area contributed by atoms with Crippen LogP contribution in [0.15, 0.2) is 54.2 Å². The molecule has 0 bridgehead atoms. The van der Waals surface area contributed by atoms with Gasteiger partial charge in [-0.15, -0.1) is 11.3 Å². The van der Waals surface area contributed by atoms with Crippen molar-refractivity contribution in [2.75, 3.05) is 39.1 Å². The van der Waals surface area contributed by atoms with Crippen LogP contribution in [-0.2, 0) is 6.42 Å². The summed E-state index contributed by atoms with van der Waals surface area (Å²) in [4.78, 5) is 10.5. The van der Waals surface area contributed by atoms with Gasteiger partial charge in [-0.1, -0.05) is 12.1 Å². The van der Waals surface area contributed by atoms with Crippen LogP contribution in [0.5, 0.6) is 5.75 Å². The monoisotopic (exact) mass is 454 g/mol. The summed E-state index contributed by atoms with van der Waals surface area (Å²) in [6, 6.07) is 11.9. The molecular weight excluding hydrogens is 420 g/mol. The molecule has 0 amide bonds. The van der Waals surface area contributed by atoms with E-state index in [-0.39, 0.29) is 6.61 Å². The zero-order valence-electron chi connectivity index (χ0n) is 18.8. The fraction of sp³-hybridized carbons (Fsp3) is 0.440. The molecule has 1 aliphatic rings. The standard InChI is InChI=1S/C17H27NO2.C8H7N3S/c1-18-10-7-15(8-11-18)5-3-13-20-17-6-2-4-16(14-17)9-12-19;9-8-11-7(5-12-8)6-1-3-10-4-2-6/h2,4,6,14-15,19H,3,5,7-13H2,1H3;1-5H,(H2,9,11). The molecule has 1 saturated heterocycles. The third kappa shape index (κ3) is 8.22. The number of nitrogen functional groups attached to an aromatic ring is 1. The number of nitrogens with zero attached hydrogens (tertiary/aromatic N) is 3. The number of likely N-dealkylation sites (tertiary alicyclic amines) is 1.